The van der Waals surface area contributed by atoms with Crippen molar-refractivity contribution in [3.63, 3.8) is 0 Å². The van der Waals surface area contributed by atoms with E-state index in [2.05, 4.69) is 16.6 Å². The van der Waals surface area contributed by atoms with Crippen LogP contribution in [0.5, 0.6) is 0 Å². The minimum atomic E-state index is -3.89. The maximum atomic E-state index is 12.3. The normalized spacial score (nSPS) is 21.1. The third-order valence-corrected chi connectivity index (χ3v) is 10.2. The summed E-state index contributed by atoms with van der Waals surface area (Å²) in [6, 6.07) is 2.86. The van der Waals surface area contributed by atoms with Crippen molar-refractivity contribution in [3.05, 3.63) is 24.3 Å². The molecule has 1 aromatic rings. The van der Waals surface area contributed by atoms with Gasteiger partial charge in [0.2, 0.25) is 5.91 Å². The van der Waals surface area contributed by atoms with Crippen molar-refractivity contribution in [1.29, 1.82) is 0 Å². The highest BCUT2D eigenvalue weighted by molar-refractivity contribution is 7.92. The topological polar surface area (TPSA) is 169 Å². The summed E-state index contributed by atoms with van der Waals surface area (Å²) in [5.74, 6) is -1.17. The summed E-state index contributed by atoms with van der Waals surface area (Å²) in [7, 11) is -3.89. The first-order chi connectivity index (χ1) is 20.9. The Bertz CT molecular complexity index is 1210. The minimum Gasteiger partial charge on any atom is -0.465 e. The van der Waals surface area contributed by atoms with Gasteiger partial charge in [0.25, 0.3) is 10.0 Å². The van der Waals surface area contributed by atoms with Gasteiger partial charge in [-0.15, -0.1) is 11.3 Å². The van der Waals surface area contributed by atoms with Crippen LogP contribution in [0.2, 0.25) is 0 Å². The van der Waals surface area contributed by atoms with Gasteiger partial charge in [-0.2, -0.15) is 12.8 Å². The van der Waals surface area contributed by atoms with Crippen molar-refractivity contribution < 1.29 is 42.5 Å². The van der Waals surface area contributed by atoms with Gasteiger partial charge in [-0.25, -0.2) is 0 Å². The molecule has 1 heterocycles. The lowest BCUT2D eigenvalue weighted by molar-refractivity contribution is -0.148. The zero-order chi connectivity index (χ0) is 32.5. The molecule has 0 unspecified atom stereocenters. The van der Waals surface area contributed by atoms with E-state index in [1.807, 2.05) is 12.2 Å². The van der Waals surface area contributed by atoms with E-state index in [0.29, 0.717) is 43.5 Å². The maximum absolute atomic E-state index is 12.3. The van der Waals surface area contributed by atoms with Gasteiger partial charge in [0, 0.05) is 45.2 Å². The van der Waals surface area contributed by atoms with Gasteiger partial charge in [0.1, 0.15) is 10.3 Å². The number of hydrogen-bond acceptors (Lipinski definition) is 10. The van der Waals surface area contributed by atoms with E-state index < -0.39 is 22.2 Å². The first-order valence-electron chi connectivity index (χ1n) is 15.4. The minimum absolute atomic E-state index is 0.000632. The molecule has 1 aromatic heterocycles. The quantitative estimate of drug-likeness (QED) is 0.0742. The zero-order valence-electron chi connectivity index (χ0n) is 26.0. The van der Waals surface area contributed by atoms with Gasteiger partial charge in [0.05, 0.1) is 23.8 Å². The number of aliphatic hydroxyl groups is 2. The van der Waals surface area contributed by atoms with E-state index in [0.717, 1.165) is 37.0 Å². The highest BCUT2D eigenvalue weighted by Gasteiger charge is 2.43. The van der Waals surface area contributed by atoms with E-state index >= 15 is 0 Å². The molecule has 11 nitrogen and oxygen atoms in total. The molecule has 3 N–H and O–H groups in total. The Morgan fingerprint density at radius 2 is 1.89 bits per heavy atom. The summed E-state index contributed by atoms with van der Waals surface area (Å²) < 4.78 is 38.8. The molecule has 0 aliphatic heterocycles. The Morgan fingerprint density at radius 3 is 2.59 bits per heavy atom. The van der Waals surface area contributed by atoms with Crippen LogP contribution >= 0.6 is 11.3 Å². The predicted molar refractivity (Wildman–Crippen MR) is 170 cm³/mol. The van der Waals surface area contributed by atoms with Gasteiger partial charge < -0.3 is 25.0 Å². The fraction of sp³-hybridized carbons (Fsp3) is 0.677. The van der Waals surface area contributed by atoms with Crippen molar-refractivity contribution >= 4 is 50.4 Å². The summed E-state index contributed by atoms with van der Waals surface area (Å²) in [6.07, 6.45) is 11.6. The summed E-state index contributed by atoms with van der Waals surface area (Å²) in [5.41, 5.74) is 0. The molecule has 0 bridgehead atoms. The van der Waals surface area contributed by atoms with Crippen LogP contribution in [-0.4, -0.2) is 67.6 Å². The third-order valence-electron chi connectivity index (χ3n) is 7.47. The molecule has 0 saturated heterocycles. The highest BCUT2D eigenvalue weighted by Crippen LogP contribution is 2.40. The SMILES string of the molecule is CCCCC[C@H](O)CC[C@@H]1[C@@H](C/C=C\CCCC(=O)OCC/C=N/S(=O)(=O)c2ccc(NC(C)=O)s2)[C@@H](OC(C)=O)C[C@H]1O. The largest absolute Gasteiger partial charge is 0.465 e. The fourth-order valence-corrected chi connectivity index (χ4v) is 7.47. The lowest BCUT2D eigenvalue weighted by Crippen LogP contribution is -2.26. The number of carbonyl (C=O) groups is 3. The smallest absolute Gasteiger partial charge is 0.305 e. The molecule has 0 radical (unpaired) electrons. The number of hydrogen-bond donors (Lipinski definition) is 3. The van der Waals surface area contributed by atoms with Crippen molar-refractivity contribution in [2.45, 2.75) is 120 Å². The molecule has 1 amide bonds. The second kappa shape index (κ2) is 19.7. The standard InChI is InChI=1S/C31H48N2O9S2/c1-4-5-8-12-24(36)15-16-25-26(28(21-27(25)37)42-23(3)35)13-9-6-7-10-14-30(38)41-20-11-19-32-44(39,40)31-18-17-29(43-31)33-22(2)34/h6,9,17-19,24-28,36-37H,4-5,7-8,10-16,20-21H2,1-3H3,(H,33,34)/b9-6-,32-19+/t24-,25+,26+,27+,28-/m0/s1. The average molecular weight is 657 g/mol. The number of rotatable bonds is 20. The van der Waals surface area contributed by atoms with E-state index in [9.17, 15) is 33.0 Å². The van der Waals surface area contributed by atoms with Crippen molar-refractivity contribution in [1.82, 2.24) is 0 Å². The van der Waals surface area contributed by atoms with Crippen LogP contribution in [0, 0.1) is 11.8 Å². The van der Waals surface area contributed by atoms with Crippen molar-refractivity contribution in [2.24, 2.45) is 16.2 Å². The maximum Gasteiger partial charge on any atom is 0.305 e. The van der Waals surface area contributed by atoms with E-state index in [1.165, 1.54) is 32.2 Å². The third kappa shape index (κ3) is 14.0. The number of amides is 1. The van der Waals surface area contributed by atoms with Crippen molar-refractivity contribution in [3.8, 4) is 0 Å². The first kappa shape index (κ1) is 37.6. The number of unbranched alkanes of at least 4 members (excludes halogenated alkanes) is 3. The Hall–Kier alpha value is -2.61. The predicted octanol–water partition coefficient (Wildman–Crippen LogP) is 5.17. The van der Waals surface area contributed by atoms with Crippen LogP contribution in [0.3, 0.4) is 0 Å². The summed E-state index contributed by atoms with van der Waals surface area (Å²) in [6.45, 7) is 4.83. The molecule has 248 valence electrons. The second-order valence-corrected chi connectivity index (χ2v) is 14.1. The summed E-state index contributed by atoms with van der Waals surface area (Å²) in [4.78, 5) is 34.8. The highest BCUT2D eigenvalue weighted by atomic mass is 32.2. The Kier molecular flexibility index (Phi) is 16.8. The van der Waals surface area contributed by atoms with Crippen LogP contribution in [-0.2, 0) is 33.9 Å². The van der Waals surface area contributed by atoms with Gasteiger partial charge in [-0.05, 0) is 56.6 Å². The molecule has 1 aliphatic rings. The lowest BCUT2D eigenvalue weighted by atomic mass is 9.85. The number of sulfonamides is 1. The van der Waals surface area contributed by atoms with Crippen LogP contribution in [0.4, 0.5) is 5.00 Å². The summed E-state index contributed by atoms with van der Waals surface area (Å²) in [5, 5.41) is 24.0. The lowest BCUT2D eigenvalue weighted by Gasteiger charge is -2.25. The molecule has 5 atom stereocenters. The van der Waals surface area contributed by atoms with Crippen LogP contribution in [0.15, 0.2) is 32.9 Å². The number of anilines is 1. The van der Waals surface area contributed by atoms with Gasteiger partial charge >= 0.3 is 11.9 Å². The number of aliphatic hydroxyl groups excluding tert-OH is 2. The monoisotopic (exact) mass is 656 g/mol. The van der Waals surface area contributed by atoms with Gasteiger partial charge in [0.15, 0.2) is 0 Å². The number of esters is 2. The van der Waals surface area contributed by atoms with E-state index in [4.69, 9.17) is 9.47 Å². The number of thiophene rings is 1. The second-order valence-electron chi connectivity index (χ2n) is 11.2. The molecule has 0 aromatic carbocycles. The number of nitrogens with zero attached hydrogens (tertiary/aromatic N) is 1. The molecule has 2 rings (SSSR count). The fourth-order valence-electron chi connectivity index (χ4n) is 5.32. The van der Waals surface area contributed by atoms with Crippen molar-refractivity contribution in [2.75, 3.05) is 11.9 Å². The van der Waals surface area contributed by atoms with Crippen LogP contribution in [0.1, 0.15) is 97.8 Å². The Morgan fingerprint density at radius 1 is 1.11 bits per heavy atom. The molecular formula is C31H48N2O9S2. The van der Waals surface area contributed by atoms with E-state index in [-0.39, 0.29) is 59.4 Å². The van der Waals surface area contributed by atoms with Gasteiger partial charge in [-0.3, -0.25) is 14.4 Å². The van der Waals surface area contributed by atoms with Crippen LogP contribution < -0.4 is 5.32 Å². The summed E-state index contributed by atoms with van der Waals surface area (Å²) >= 11 is 0.902. The molecule has 1 aliphatic carbocycles. The number of nitrogens with one attached hydrogen (secondary N) is 1. The first-order valence-corrected chi connectivity index (χ1v) is 17.7. The average Bonchev–Trinajstić information content (AvgIpc) is 3.52. The Labute approximate surface area is 265 Å². The molecule has 1 saturated carbocycles. The molecule has 0 spiro atoms. The van der Waals surface area contributed by atoms with Crippen LogP contribution in [0.25, 0.3) is 0 Å². The number of carbonyl (C=O) groups excluding carboxylic acids is 3. The van der Waals surface area contributed by atoms with E-state index in [1.54, 1.807) is 0 Å². The molecule has 44 heavy (non-hydrogen) atoms. The molecular weight excluding hydrogens is 608 g/mol. The zero-order valence-corrected chi connectivity index (χ0v) is 27.6. The van der Waals surface area contributed by atoms with Gasteiger partial charge in [-0.1, -0.05) is 38.3 Å². The molecule has 1 fully saturated rings. The Balaban J connectivity index is 1.71. The molecule has 13 heteroatoms. The number of ether oxygens (including phenoxy) is 2. The number of allylic oxidation sites excluding steroid dienone is 2.